The highest BCUT2D eigenvalue weighted by molar-refractivity contribution is 5.94. The number of aromatic hydroxyl groups is 1. The van der Waals surface area contributed by atoms with Gasteiger partial charge in [0.1, 0.15) is 5.75 Å². The molecule has 1 aliphatic rings. The van der Waals surface area contributed by atoms with E-state index in [0.29, 0.717) is 37.4 Å². The lowest BCUT2D eigenvalue weighted by atomic mass is 9.95. The number of phenols is 1. The first kappa shape index (κ1) is 15.1. The SMILES string of the molecule is O=C(Nc1ccccc1O)C1CCN(C(=O)c2ccco2)CC1. The van der Waals surface area contributed by atoms with Crippen LogP contribution in [0.1, 0.15) is 23.4 Å². The number of benzene rings is 1. The van der Waals surface area contributed by atoms with Gasteiger partial charge in [-0.15, -0.1) is 0 Å². The van der Waals surface area contributed by atoms with Crippen molar-refractivity contribution in [3.05, 3.63) is 48.4 Å². The summed E-state index contributed by atoms with van der Waals surface area (Å²) in [6.45, 7) is 1.02. The molecule has 2 heterocycles. The predicted molar refractivity (Wildman–Crippen MR) is 84.1 cm³/mol. The Morgan fingerprint density at radius 2 is 1.87 bits per heavy atom. The van der Waals surface area contributed by atoms with Crippen molar-refractivity contribution >= 4 is 17.5 Å². The average Bonchev–Trinajstić information content (AvgIpc) is 3.11. The Kier molecular flexibility index (Phi) is 4.32. The normalized spacial score (nSPS) is 15.4. The van der Waals surface area contributed by atoms with Gasteiger partial charge in [0, 0.05) is 19.0 Å². The molecule has 23 heavy (non-hydrogen) atoms. The minimum atomic E-state index is -0.171. The molecule has 1 aliphatic heterocycles. The Balaban J connectivity index is 1.55. The first-order chi connectivity index (χ1) is 11.1. The number of hydrogen-bond acceptors (Lipinski definition) is 4. The Morgan fingerprint density at radius 1 is 1.13 bits per heavy atom. The summed E-state index contributed by atoms with van der Waals surface area (Å²) in [4.78, 5) is 26.1. The third-order valence-electron chi connectivity index (χ3n) is 4.05. The van der Waals surface area contributed by atoms with Crippen molar-refractivity contribution in [2.75, 3.05) is 18.4 Å². The smallest absolute Gasteiger partial charge is 0.289 e. The van der Waals surface area contributed by atoms with Crippen LogP contribution in [0.4, 0.5) is 5.69 Å². The van der Waals surface area contributed by atoms with E-state index in [9.17, 15) is 14.7 Å². The molecular formula is C17H18N2O4. The molecule has 2 aromatic rings. The molecule has 0 bridgehead atoms. The van der Waals surface area contributed by atoms with E-state index in [1.165, 1.54) is 12.3 Å². The third kappa shape index (κ3) is 3.36. The van der Waals surface area contributed by atoms with Gasteiger partial charge in [-0.25, -0.2) is 0 Å². The van der Waals surface area contributed by atoms with Crippen LogP contribution in [0.2, 0.25) is 0 Å². The van der Waals surface area contributed by atoms with Crippen LogP contribution < -0.4 is 5.32 Å². The van der Waals surface area contributed by atoms with E-state index in [2.05, 4.69) is 5.32 Å². The first-order valence-corrected chi connectivity index (χ1v) is 7.57. The molecule has 1 saturated heterocycles. The molecule has 6 nitrogen and oxygen atoms in total. The molecule has 6 heteroatoms. The quantitative estimate of drug-likeness (QED) is 0.853. The number of nitrogens with one attached hydrogen (secondary N) is 1. The molecule has 1 fully saturated rings. The summed E-state index contributed by atoms with van der Waals surface area (Å²) >= 11 is 0. The van der Waals surface area contributed by atoms with Gasteiger partial charge in [0.2, 0.25) is 5.91 Å². The molecule has 3 rings (SSSR count). The second-order valence-electron chi connectivity index (χ2n) is 5.55. The van der Waals surface area contributed by atoms with Crippen LogP contribution in [-0.4, -0.2) is 34.9 Å². The number of hydrogen-bond donors (Lipinski definition) is 2. The summed E-state index contributed by atoms with van der Waals surface area (Å²) in [5.74, 6) is -0.0743. The van der Waals surface area contributed by atoms with Crippen molar-refractivity contribution in [1.29, 1.82) is 0 Å². The van der Waals surface area contributed by atoms with Crippen molar-refractivity contribution in [2.45, 2.75) is 12.8 Å². The number of likely N-dealkylation sites (tertiary alicyclic amines) is 1. The number of para-hydroxylation sites is 2. The Bertz CT molecular complexity index is 688. The average molecular weight is 314 g/mol. The van der Waals surface area contributed by atoms with Crippen molar-refractivity contribution in [1.82, 2.24) is 4.90 Å². The second kappa shape index (κ2) is 6.56. The highest BCUT2D eigenvalue weighted by atomic mass is 16.3. The van der Waals surface area contributed by atoms with Crippen LogP contribution in [-0.2, 0) is 4.79 Å². The minimum absolute atomic E-state index is 0.0475. The predicted octanol–water partition coefficient (Wildman–Crippen LogP) is 2.48. The van der Waals surface area contributed by atoms with Crippen molar-refractivity contribution in [2.24, 2.45) is 5.92 Å². The highest BCUT2D eigenvalue weighted by Gasteiger charge is 2.29. The maximum Gasteiger partial charge on any atom is 0.289 e. The van der Waals surface area contributed by atoms with Gasteiger partial charge < -0.3 is 19.7 Å². The zero-order valence-corrected chi connectivity index (χ0v) is 12.6. The molecule has 120 valence electrons. The number of rotatable bonds is 3. The number of carbonyl (C=O) groups excluding carboxylic acids is 2. The largest absolute Gasteiger partial charge is 0.506 e. The summed E-state index contributed by atoms with van der Waals surface area (Å²) in [5.41, 5.74) is 0.409. The van der Waals surface area contributed by atoms with Gasteiger partial charge in [-0.3, -0.25) is 9.59 Å². The van der Waals surface area contributed by atoms with Gasteiger partial charge in [0.25, 0.3) is 5.91 Å². The van der Waals surface area contributed by atoms with Crippen LogP contribution in [0.5, 0.6) is 5.75 Å². The number of nitrogens with zero attached hydrogens (tertiary/aromatic N) is 1. The van der Waals surface area contributed by atoms with Gasteiger partial charge >= 0.3 is 0 Å². The molecule has 1 aromatic carbocycles. The van der Waals surface area contributed by atoms with E-state index in [1.54, 1.807) is 35.2 Å². The topological polar surface area (TPSA) is 82.8 Å². The summed E-state index contributed by atoms with van der Waals surface area (Å²) in [5, 5.41) is 12.4. The van der Waals surface area contributed by atoms with Crippen molar-refractivity contribution in [3.8, 4) is 5.75 Å². The summed E-state index contributed by atoms with van der Waals surface area (Å²) in [6.07, 6.45) is 2.65. The fourth-order valence-electron chi connectivity index (χ4n) is 2.71. The second-order valence-corrected chi connectivity index (χ2v) is 5.55. The first-order valence-electron chi connectivity index (χ1n) is 7.57. The van der Waals surface area contributed by atoms with E-state index < -0.39 is 0 Å². The van der Waals surface area contributed by atoms with Crippen LogP contribution in [0.15, 0.2) is 47.1 Å². The number of furan rings is 1. The summed E-state index contributed by atoms with van der Waals surface area (Å²) < 4.78 is 5.12. The lowest BCUT2D eigenvalue weighted by Crippen LogP contribution is -2.41. The molecule has 0 atom stereocenters. The van der Waals surface area contributed by atoms with Crippen LogP contribution in [0.25, 0.3) is 0 Å². The van der Waals surface area contributed by atoms with E-state index in [1.807, 2.05) is 0 Å². The molecule has 0 radical (unpaired) electrons. The molecular weight excluding hydrogens is 296 g/mol. The van der Waals surface area contributed by atoms with Gasteiger partial charge in [0.05, 0.1) is 12.0 Å². The van der Waals surface area contributed by atoms with Crippen LogP contribution in [0.3, 0.4) is 0 Å². The standard InChI is InChI=1S/C17H18N2O4/c20-14-5-2-1-4-13(14)18-16(21)12-7-9-19(10-8-12)17(22)15-6-3-11-23-15/h1-6,11-12,20H,7-10H2,(H,18,21). The zero-order chi connectivity index (χ0) is 16.2. The fraction of sp³-hybridized carbons (Fsp3) is 0.294. The number of amides is 2. The minimum Gasteiger partial charge on any atom is -0.506 e. The van der Waals surface area contributed by atoms with E-state index in [-0.39, 0.29) is 23.5 Å². The number of phenolic OH excluding ortho intramolecular Hbond substituents is 1. The van der Waals surface area contributed by atoms with Gasteiger partial charge in [-0.05, 0) is 37.1 Å². The summed E-state index contributed by atoms with van der Waals surface area (Å²) in [6, 6.07) is 9.95. The van der Waals surface area contributed by atoms with E-state index in [4.69, 9.17) is 4.42 Å². The third-order valence-corrected chi connectivity index (χ3v) is 4.05. The molecule has 0 unspecified atom stereocenters. The Labute approximate surface area is 133 Å². The van der Waals surface area contributed by atoms with Crippen molar-refractivity contribution < 1.29 is 19.1 Å². The lowest BCUT2D eigenvalue weighted by Gasteiger charge is -2.30. The highest BCUT2D eigenvalue weighted by Crippen LogP contribution is 2.25. The number of carbonyl (C=O) groups is 2. The van der Waals surface area contributed by atoms with E-state index >= 15 is 0 Å². The monoisotopic (exact) mass is 314 g/mol. The molecule has 1 aromatic heterocycles. The number of piperidine rings is 1. The maximum atomic E-state index is 12.3. The lowest BCUT2D eigenvalue weighted by molar-refractivity contribution is -0.121. The molecule has 2 N–H and O–H groups in total. The summed E-state index contributed by atoms with van der Waals surface area (Å²) in [7, 11) is 0. The van der Waals surface area contributed by atoms with Gasteiger partial charge in [-0.2, -0.15) is 0 Å². The van der Waals surface area contributed by atoms with Crippen molar-refractivity contribution in [3.63, 3.8) is 0 Å². The Hall–Kier alpha value is -2.76. The molecule has 0 aliphatic carbocycles. The van der Waals surface area contributed by atoms with Gasteiger partial charge in [0.15, 0.2) is 5.76 Å². The zero-order valence-electron chi connectivity index (χ0n) is 12.6. The number of anilines is 1. The van der Waals surface area contributed by atoms with E-state index in [0.717, 1.165) is 0 Å². The van der Waals surface area contributed by atoms with Gasteiger partial charge in [-0.1, -0.05) is 12.1 Å². The Morgan fingerprint density at radius 3 is 2.52 bits per heavy atom. The molecule has 2 amide bonds. The molecule has 0 saturated carbocycles. The van der Waals surface area contributed by atoms with Crippen LogP contribution in [0, 0.1) is 5.92 Å². The van der Waals surface area contributed by atoms with Crippen LogP contribution >= 0.6 is 0 Å². The fourth-order valence-corrected chi connectivity index (χ4v) is 2.71. The molecule has 0 spiro atoms. The maximum absolute atomic E-state index is 12.3.